The molecule has 1 heterocycles. The lowest BCUT2D eigenvalue weighted by Gasteiger charge is -2.34. The molecule has 0 fully saturated rings. The minimum absolute atomic E-state index is 0.497. The Bertz CT molecular complexity index is 1970. The summed E-state index contributed by atoms with van der Waals surface area (Å²) in [7, 11) is 0. The van der Waals surface area contributed by atoms with Crippen LogP contribution in [0.15, 0.2) is 140 Å². The van der Waals surface area contributed by atoms with Gasteiger partial charge in [0, 0.05) is 0 Å². The van der Waals surface area contributed by atoms with Gasteiger partial charge in [-0.2, -0.15) is 5.26 Å². The Morgan fingerprint density at radius 3 is 1.85 bits per heavy atom. The van der Waals surface area contributed by atoms with Crippen molar-refractivity contribution >= 4 is 0 Å². The number of nitriles is 1. The van der Waals surface area contributed by atoms with Crippen molar-refractivity contribution in [1.29, 1.82) is 5.26 Å². The molecule has 8 rings (SSSR count). The molecule has 192 valence electrons. The van der Waals surface area contributed by atoms with Gasteiger partial charge in [0.2, 0.25) is 0 Å². The van der Waals surface area contributed by atoms with Gasteiger partial charge in [-0.15, -0.1) is 0 Å². The molecule has 0 radical (unpaired) electrons. The topological polar surface area (TPSA) is 42.2 Å². The van der Waals surface area contributed by atoms with Gasteiger partial charge >= 0.3 is 0 Å². The first-order chi connectivity index (χ1) is 20.3. The van der Waals surface area contributed by atoms with Crippen LogP contribution in [0, 0.1) is 11.3 Å². The van der Waals surface area contributed by atoms with E-state index in [-0.39, 0.29) is 0 Å². The number of ether oxygens (including phenoxy) is 2. The van der Waals surface area contributed by atoms with Crippen LogP contribution < -0.4 is 9.47 Å². The lowest BCUT2D eigenvalue weighted by molar-refractivity contribution is 0.359. The van der Waals surface area contributed by atoms with E-state index in [1.165, 1.54) is 27.8 Å². The molecule has 41 heavy (non-hydrogen) atoms. The molecular formula is C38H23NO2. The number of hydrogen-bond acceptors (Lipinski definition) is 3. The maximum Gasteiger partial charge on any atom is 0.170 e. The quantitative estimate of drug-likeness (QED) is 0.231. The van der Waals surface area contributed by atoms with Gasteiger partial charge in [-0.3, -0.25) is 0 Å². The van der Waals surface area contributed by atoms with Crippen LogP contribution in [-0.4, -0.2) is 0 Å². The van der Waals surface area contributed by atoms with E-state index in [1.807, 2.05) is 36.4 Å². The number of benzene rings is 6. The molecule has 1 aliphatic carbocycles. The molecule has 6 aromatic carbocycles. The first-order valence-corrected chi connectivity index (χ1v) is 13.7. The molecule has 0 aromatic heterocycles. The van der Waals surface area contributed by atoms with Crippen molar-refractivity contribution in [3.8, 4) is 51.3 Å². The van der Waals surface area contributed by atoms with Crippen molar-refractivity contribution in [2.45, 2.75) is 5.41 Å². The maximum absolute atomic E-state index is 9.34. The summed E-state index contributed by atoms with van der Waals surface area (Å²) in [5, 5.41) is 9.34. The monoisotopic (exact) mass is 525 g/mol. The van der Waals surface area contributed by atoms with E-state index in [1.54, 1.807) is 6.07 Å². The van der Waals surface area contributed by atoms with E-state index in [4.69, 9.17) is 9.47 Å². The van der Waals surface area contributed by atoms with Crippen molar-refractivity contribution in [1.82, 2.24) is 0 Å². The third-order valence-electron chi connectivity index (χ3n) is 8.23. The summed E-state index contributed by atoms with van der Waals surface area (Å²) >= 11 is 0. The molecular weight excluding hydrogens is 502 g/mol. The van der Waals surface area contributed by atoms with Crippen molar-refractivity contribution in [2.75, 3.05) is 0 Å². The molecule has 0 unspecified atom stereocenters. The molecule has 0 saturated carbocycles. The Hall–Kier alpha value is -5.59. The highest BCUT2D eigenvalue weighted by molar-refractivity contribution is 5.88. The van der Waals surface area contributed by atoms with Gasteiger partial charge < -0.3 is 9.47 Å². The highest BCUT2D eigenvalue weighted by atomic mass is 16.6. The van der Waals surface area contributed by atoms with Gasteiger partial charge in [0.05, 0.1) is 17.0 Å². The lowest BCUT2D eigenvalue weighted by Crippen LogP contribution is -2.28. The minimum Gasteiger partial charge on any atom is -0.450 e. The molecule has 0 N–H and O–H groups in total. The van der Waals surface area contributed by atoms with Crippen LogP contribution in [0.25, 0.3) is 22.3 Å². The second kappa shape index (κ2) is 8.98. The predicted molar refractivity (Wildman–Crippen MR) is 160 cm³/mol. The molecule has 0 spiro atoms. The molecule has 3 nitrogen and oxygen atoms in total. The first-order valence-electron chi connectivity index (χ1n) is 13.7. The van der Waals surface area contributed by atoms with Crippen LogP contribution in [-0.2, 0) is 5.41 Å². The Kier molecular flexibility index (Phi) is 5.10. The highest BCUT2D eigenvalue weighted by Crippen LogP contribution is 2.59. The van der Waals surface area contributed by atoms with Crippen LogP contribution in [0.3, 0.4) is 0 Å². The van der Waals surface area contributed by atoms with Crippen molar-refractivity contribution < 1.29 is 9.47 Å². The normalized spacial score (nSPS) is 13.4. The lowest BCUT2D eigenvalue weighted by atomic mass is 9.67. The molecule has 0 saturated heterocycles. The minimum atomic E-state index is -0.497. The van der Waals surface area contributed by atoms with Crippen molar-refractivity contribution in [2.24, 2.45) is 0 Å². The van der Waals surface area contributed by atoms with E-state index in [0.717, 1.165) is 16.7 Å². The van der Waals surface area contributed by atoms with Crippen LogP contribution >= 0.6 is 0 Å². The second-order valence-corrected chi connectivity index (χ2v) is 10.4. The Balaban J connectivity index is 1.31. The number of nitrogens with zero attached hydrogens (tertiary/aromatic N) is 1. The predicted octanol–water partition coefficient (Wildman–Crippen LogP) is 9.49. The van der Waals surface area contributed by atoms with Gasteiger partial charge in [0.25, 0.3) is 0 Å². The second-order valence-electron chi connectivity index (χ2n) is 10.4. The van der Waals surface area contributed by atoms with E-state index >= 15 is 0 Å². The number of rotatable bonds is 3. The fourth-order valence-corrected chi connectivity index (χ4v) is 6.46. The third kappa shape index (κ3) is 3.45. The summed E-state index contributed by atoms with van der Waals surface area (Å²) in [6, 6.07) is 50.1. The zero-order chi connectivity index (χ0) is 27.4. The van der Waals surface area contributed by atoms with Crippen molar-refractivity contribution in [3.05, 3.63) is 167 Å². The fraction of sp³-hybridized carbons (Fsp3) is 0.0263. The standard InChI is InChI=1S/C38H23NO2/c39-24-25-10-9-11-26(20-25)27-18-19-34-35(21-27)41-36-22-31-30-16-7-8-17-32(30)38(28-12-3-1-4-13-28,29-14-5-2-6-15-29)33(31)23-37(36)40-34/h1-23H. The summed E-state index contributed by atoms with van der Waals surface area (Å²) in [5.74, 6) is 2.70. The third-order valence-corrected chi connectivity index (χ3v) is 8.23. The fourth-order valence-electron chi connectivity index (χ4n) is 6.46. The summed E-state index contributed by atoms with van der Waals surface area (Å²) in [6.45, 7) is 0. The van der Waals surface area contributed by atoms with E-state index in [9.17, 15) is 5.26 Å². The van der Waals surface area contributed by atoms with Crippen LogP contribution in [0.5, 0.6) is 23.0 Å². The molecule has 0 amide bonds. The zero-order valence-electron chi connectivity index (χ0n) is 22.0. The Morgan fingerprint density at radius 1 is 0.463 bits per heavy atom. The van der Waals surface area contributed by atoms with Crippen LogP contribution in [0.4, 0.5) is 0 Å². The molecule has 2 aliphatic rings. The maximum atomic E-state index is 9.34. The highest BCUT2D eigenvalue weighted by Gasteiger charge is 2.47. The van der Waals surface area contributed by atoms with Gasteiger partial charge in [-0.1, -0.05) is 103 Å². The zero-order valence-corrected chi connectivity index (χ0v) is 22.0. The summed E-state index contributed by atoms with van der Waals surface area (Å²) in [5.41, 5.74) is 9.20. The van der Waals surface area contributed by atoms with Gasteiger partial charge in [0.1, 0.15) is 0 Å². The molecule has 1 aliphatic heterocycles. The van der Waals surface area contributed by atoms with Gasteiger partial charge in [0.15, 0.2) is 23.0 Å². The average Bonchev–Trinajstić information content (AvgIpc) is 3.33. The molecule has 0 atom stereocenters. The SMILES string of the molecule is N#Cc1cccc(-c2ccc3c(c2)Oc2cc4c(cc2O3)C(c2ccccc2)(c2ccccc2)c2ccccc2-4)c1. The van der Waals surface area contributed by atoms with E-state index in [2.05, 4.69) is 103 Å². The van der Waals surface area contributed by atoms with Crippen LogP contribution in [0.2, 0.25) is 0 Å². The van der Waals surface area contributed by atoms with E-state index in [0.29, 0.717) is 28.6 Å². The van der Waals surface area contributed by atoms with Gasteiger partial charge in [-0.05, 0) is 80.9 Å². The first kappa shape index (κ1) is 23.3. The smallest absolute Gasteiger partial charge is 0.170 e. The molecule has 6 aromatic rings. The summed E-state index contributed by atoms with van der Waals surface area (Å²) < 4.78 is 13.1. The van der Waals surface area contributed by atoms with Crippen LogP contribution in [0.1, 0.15) is 27.8 Å². The Morgan fingerprint density at radius 2 is 1.10 bits per heavy atom. The molecule has 0 bridgehead atoms. The van der Waals surface area contributed by atoms with Crippen molar-refractivity contribution in [3.63, 3.8) is 0 Å². The Labute approximate surface area is 238 Å². The average molecular weight is 526 g/mol. The number of fused-ring (bicyclic) bond motifs is 5. The number of hydrogen-bond donors (Lipinski definition) is 0. The summed E-state index contributed by atoms with van der Waals surface area (Å²) in [6.07, 6.45) is 0. The summed E-state index contributed by atoms with van der Waals surface area (Å²) in [4.78, 5) is 0. The van der Waals surface area contributed by atoms with E-state index < -0.39 is 5.41 Å². The molecule has 3 heteroatoms. The van der Waals surface area contributed by atoms with Gasteiger partial charge in [-0.25, -0.2) is 0 Å². The largest absolute Gasteiger partial charge is 0.450 e.